The highest BCUT2D eigenvalue weighted by Crippen LogP contribution is 2.19. The first-order valence-corrected chi connectivity index (χ1v) is 11.9. The zero-order valence-corrected chi connectivity index (χ0v) is 21.0. The van der Waals surface area contributed by atoms with Gasteiger partial charge in [0.25, 0.3) is 0 Å². The number of aromatic amines is 1. The summed E-state index contributed by atoms with van der Waals surface area (Å²) in [5, 5.41) is 36.2. The Morgan fingerprint density at radius 2 is 1.59 bits per heavy atom. The number of hydrogen-bond donors (Lipinski definition) is 9. The second-order valence-electron chi connectivity index (χ2n) is 8.96. The number of H-pyrrole nitrogens is 1. The molecule has 4 amide bonds. The van der Waals surface area contributed by atoms with E-state index in [1.807, 2.05) is 0 Å². The van der Waals surface area contributed by atoms with Gasteiger partial charge in [-0.25, -0.2) is 4.79 Å². The Bertz CT molecular complexity index is 1230. The first kappa shape index (κ1) is 30.7. The van der Waals surface area contributed by atoms with E-state index in [1.54, 1.807) is 30.5 Å². The summed E-state index contributed by atoms with van der Waals surface area (Å²) in [6, 6.07) is 1.10. The molecule has 0 aliphatic heterocycles. The number of rotatable bonds is 15. The Hall–Kier alpha value is -4.50. The third-order valence-electron chi connectivity index (χ3n) is 5.82. The summed E-state index contributed by atoms with van der Waals surface area (Å²) in [5.74, 6) is -6.57. The molecule has 39 heavy (non-hydrogen) atoms. The number of carboxylic acids is 2. The van der Waals surface area contributed by atoms with Crippen molar-refractivity contribution in [3.8, 4) is 0 Å². The van der Waals surface area contributed by atoms with Crippen molar-refractivity contribution in [1.82, 2.24) is 20.9 Å². The molecule has 1 heterocycles. The largest absolute Gasteiger partial charge is 0.481 e. The molecule has 15 heteroatoms. The number of primary amides is 1. The van der Waals surface area contributed by atoms with Crippen LogP contribution in [-0.2, 0) is 35.2 Å². The molecule has 212 valence electrons. The van der Waals surface area contributed by atoms with E-state index in [4.69, 9.17) is 16.6 Å². The number of amides is 4. The van der Waals surface area contributed by atoms with Crippen LogP contribution in [0.3, 0.4) is 0 Å². The Kier molecular flexibility index (Phi) is 10.9. The van der Waals surface area contributed by atoms with E-state index in [-0.39, 0.29) is 19.3 Å². The zero-order valence-electron chi connectivity index (χ0n) is 21.0. The molecule has 1 aromatic carbocycles. The number of carboxylic acid groups (broad SMARTS) is 2. The second-order valence-corrected chi connectivity index (χ2v) is 8.96. The van der Waals surface area contributed by atoms with Crippen LogP contribution in [0.2, 0.25) is 0 Å². The lowest BCUT2D eigenvalue weighted by Gasteiger charge is -2.26. The molecule has 0 bridgehead atoms. The monoisotopic (exact) mass is 548 g/mol. The number of para-hydroxylation sites is 1. The van der Waals surface area contributed by atoms with E-state index in [1.165, 1.54) is 6.92 Å². The zero-order chi connectivity index (χ0) is 29.3. The molecule has 5 unspecified atom stereocenters. The lowest BCUT2D eigenvalue weighted by molar-refractivity contribution is -0.143. The normalized spacial score (nSPS) is 14.8. The molecule has 15 nitrogen and oxygen atoms in total. The van der Waals surface area contributed by atoms with Gasteiger partial charge in [0.15, 0.2) is 0 Å². The Labute approximate surface area is 222 Å². The van der Waals surface area contributed by atoms with E-state index >= 15 is 0 Å². The van der Waals surface area contributed by atoms with Crippen molar-refractivity contribution >= 4 is 46.5 Å². The number of fused-ring (bicyclic) bond motifs is 1. The van der Waals surface area contributed by atoms with Gasteiger partial charge in [0.2, 0.25) is 23.6 Å². The fourth-order valence-corrected chi connectivity index (χ4v) is 3.76. The van der Waals surface area contributed by atoms with Gasteiger partial charge in [0.05, 0.1) is 18.6 Å². The molecule has 0 spiro atoms. The third-order valence-corrected chi connectivity index (χ3v) is 5.82. The second kappa shape index (κ2) is 13.9. The van der Waals surface area contributed by atoms with Crippen molar-refractivity contribution in [2.75, 3.05) is 0 Å². The lowest BCUT2D eigenvalue weighted by Crippen LogP contribution is -2.60. The summed E-state index contributed by atoms with van der Waals surface area (Å²) in [6.07, 6.45) is -1.41. The van der Waals surface area contributed by atoms with Crippen LogP contribution >= 0.6 is 0 Å². The van der Waals surface area contributed by atoms with Crippen molar-refractivity contribution < 1.29 is 44.1 Å². The third kappa shape index (κ3) is 9.08. The van der Waals surface area contributed by atoms with Crippen molar-refractivity contribution in [3.05, 3.63) is 36.0 Å². The number of aliphatic hydroxyl groups excluding tert-OH is 1. The Morgan fingerprint density at radius 3 is 2.18 bits per heavy atom. The van der Waals surface area contributed by atoms with Gasteiger partial charge >= 0.3 is 11.9 Å². The maximum Gasteiger partial charge on any atom is 0.326 e. The van der Waals surface area contributed by atoms with Gasteiger partial charge in [0, 0.05) is 29.9 Å². The Balaban J connectivity index is 2.16. The van der Waals surface area contributed by atoms with E-state index in [0.717, 1.165) is 10.9 Å². The molecule has 1 aromatic heterocycles. The van der Waals surface area contributed by atoms with Crippen molar-refractivity contribution in [3.63, 3.8) is 0 Å². The molecule has 11 N–H and O–H groups in total. The number of aliphatic hydroxyl groups is 1. The SMILES string of the molecule is CC(O)C(NC(=O)C(CCC(N)=O)NC(=O)C(N)CC(=O)O)C(=O)NC(Cc1c[nH]c2ccccc12)C(=O)O. The minimum atomic E-state index is -1.65. The molecule has 2 rings (SSSR count). The highest BCUT2D eigenvalue weighted by molar-refractivity contribution is 5.95. The maximum absolute atomic E-state index is 13.0. The van der Waals surface area contributed by atoms with Crippen LogP contribution in [-0.4, -0.2) is 86.1 Å². The summed E-state index contributed by atoms with van der Waals surface area (Å²) in [6.45, 7) is 1.18. The summed E-state index contributed by atoms with van der Waals surface area (Å²) >= 11 is 0. The van der Waals surface area contributed by atoms with Gasteiger partial charge in [-0.1, -0.05) is 18.2 Å². The summed E-state index contributed by atoms with van der Waals surface area (Å²) < 4.78 is 0. The molecular weight excluding hydrogens is 516 g/mol. The standard InChI is InChI=1S/C24H32N6O9/c1-11(31)20(30-22(36)16(6-7-18(26)32)28-21(35)14(25)9-19(33)34)23(37)29-17(24(38)39)8-12-10-27-15-5-3-2-4-13(12)15/h2-5,10-11,14,16-17,20,27,31H,6-9,25H2,1H3,(H2,26,32)(H,28,35)(H,29,37)(H,30,36)(H,33,34)(H,38,39). The highest BCUT2D eigenvalue weighted by Gasteiger charge is 2.33. The van der Waals surface area contributed by atoms with Crippen molar-refractivity contribution in [1.29, 1.82) is 0 Å². The first-order chi connectivity index (χ1) is 18.3. The maximum atomic E-state index is 13.0. The first-order valence-electron chi connectivity index (χ1n) is 11.9. The average molecular weight is 549 g/mol. The molecule has 0 saturated carbocycles. The fourth-order valence-electron chi connectivity index (χ4n) is 3.76. The number of nitrogens with two attached hydrogens (primary N) is 2. The van der Waals surface area contributed by atoms with E-state index in [0.29, 0.717) is 5.56 Å². The number of hydrogen-bond acceptors (Lipinski definition) is 8. The minimum Gasteiger partial charge on any atom is -0.481 e. The van der Waals surface area contributed by atoms with Gasteiger partial charge in [-0.3, -0.25) is 24.0 Å². The smallest absolute Gasteiger partial charge is 0.326 e. The number of aliphatic carboxylic acids is 2. The topological polar surface area (TPSA) is 267 Å². The van der Waals surface area contributed by atoms with Gasteiger partial charge in [-0.05, 0) is 25.0 Å². The molecule has 5 atom stereocenters. The van der Waals surface area contributed by atoms with Gasteiger partial charge in [-0.15, -0.1) is 0 Å². The predicted molar refractivity (Wildman–Crippen MR) is 136 cm³/mol. The molecular formula is C24H32N6O9. The Morgan fingerprint density at radius 1 is 0.949 bits per heavy atom. The van der Waals surface area contributed by atoms with E-state index < -0.39 is 72.3 Å². The summed E-state index contributed by atoms with van der Waals surface area (Å²) in [7, 11) is 0. The van der Waals surface area contributed by atoms with Crippen LogP contribution in [0, 0.1) is 0 Å². The molecule has 0 saturated heterocycles. The molecule has 0 radical (unpaired) electrons. The summed E-state index contributed by atoms with van der Waals surface area (Å²) in [4.78, 5) is 75.1. The average Bonchev–Trinajstić information content (AvgIpc) is 3.26. The molecule has 0 aliphatic carbocycles. The molecule has 0 aliphatic rings. The number of nitrogens with one attached hydrogen (secondary N) is 4. The van der Waals surface area contributed by atoms with E-state index in [9.17, 15) is 39.0 Å². The van der Waals surface area contributed by atoms with Crippen LogP contribution < -0.4 is 27.4 Å². The van der Waals surface area contributed by atoms with Crippen LogP contribution in [0.4, 0.5) is 0 Å². The fraction of sp³-hybridized carbons (Fsp3) is 0.417. The van der Waals surface area contributed by atoms with Gasteiger partial charge < -0.3 is 47.7 Å². The van der Waals surface area contributed by atoms with Crippen LogP contribution in [0.25, 0.3) is 10.9 Å². The van der Waals surface area contributed by atoms with Crippen LogP contribution in [0.1, 0.15) is 31.7 Å². The van der Waals surface area contributed by atoms with Crippen molar-refractivity contribution in [2.45, 2.75) is 62.9 Å². The quantitative estimate of drug-likeness (QED) is 0.115. The highest BCUT2D eigenvalue weighted by atomic mass is 16.4. The van der Waals surface area contributed by atoms with Crippen LogP contribution in [0.15, 0.2) is 30.5 Å². The number of aromatic nitrogens is 1. The lowest BCUT2D eigenvalue weighted by atomic mass is 10.0. The number of benzene rings is 1. The molecule has 0 fully saturated rings. The van der Waals surface area contributed by atoms with Gasteiger partial charge in [-0.2, -0.15) is 0 Å². The van der Waals surface area contributed by atoms with Crippen LogP contribution in [0.5, 0.6) is 0 Å². The molecule has 2 aromatic rings. The van der Waals surface area contributed by atoms with Gasteiger partial charge in [0.1, 0.15) is 18.1 Å². The predicted octanol–water partition coefficient (Wildman–Crippen LogP) is -2.30. The summed E-state index contributed by atoms with van der Waals surface area (Å²) in [5.41, 5.74) is 12.0. The van der Waals surface area contributed by atoms with Crippen molar-refractivity contribution in [2.24, 2.45) is 11.5 Å². The number of carbonyl (C=O) groups is 6. The minimum absolute atomic E-state index is 0.107. The van der Waals surface area contributed by atoms with E-state index in [2.05, 4.69) is 20.9 Å². The number of carbonyl (C=O) groups excluding carboxylic acids is 4.